The number of ether oxygens (including phenoxy) is 1. The molecule has 0 radical (unpaired) electrons. The van der Waals surface area contributed by atoms with E-state index in [0.29, 0.717) is 6.54 Å². The Balaban J connectivity index is 3.32. The lowest BCUT2D eigenvalue weighted by molar-refractivity contribution is 0.397. The molecule has 0 saturated carbocycles. The largest absolute Gasteiger partial charge is 0.495 e. The highest BCUT2D eigenvalue weighted by molar-refractivity contribution is 7.89. The highest BCUT2D eigenvalue weighted by Crippen LogP contribution is 2.27. The lowest BCUT2D eigenvalue weighted by atomic mass is 10.2. The predicted molar refractivity (Wildman–Crippen MR) is 80.0 cm³/mol. The van der Waals surface area contributed by atoms with E-state index in [9.17, 15) is 8.42 Å². The average Bonchev–Trinajstić information content (AvgIpc) is 2.46. The van der Waals surface area contributed by atoms with Crippen LogP contribution in [0.5, 0.6) is 5.75 Å². The second-order valence-electron chi connectivity index (χ2n) is 4.09. The van der Waals surface area contributed by atoms with E-state index in [1.54, 1.807) is 12.1 Å². The van der Waals surface area contributed by atoms with Crippen LogP contribution in [-0.2, 0) is 16.6 Å². The van der Waals surface area contributed by atoms with Gasteiger partial charge in [-0.15, -0.1) is 13.2 Å². The molecule has 0 amide bonds. The minimum Gasteiger partial charge on any atom is -0.495 e. The molecule has 5 nitrogen and oxygen atoms in total. The molecule has 20 heavy (non-hydrogen) atoms. The van der Waals surface area contributed by atoms with E-state index in [2.05, 4.69) is 13.2 Å². The van der Waals surface area contributed by atoms with Crippen molar-refractivity contribution < 1.29 is 13.2 Å². The first-order valence-electron chi connectivity index (χ1n) is 6.10. The van der Waals surface area contributed by atoms with E-state index in [1.165, 1.54) is 29.6 Å². The second-order valence-corrected chi connectivity index (χ2v) is 6.00. The van der Waals surface area contributed by atoms with Crippen LogP contribution in [0.15, 0.2) is 48.4 Å². The van der Waals surface area contributed by atoms with Crippen molar-refractivity contribution >= 4 is 10.0 Å². The Labute approximate surface area is 120 Å². The number of hydrogen-bond acceptors (Lipinski definition) is 4. The third-order valence-corrected chi connectivity index (χ3v) is 4.62. The Morgan fingerprint density at radius 3 is 2.35 bits per heavy atom. The maximum absolute atomic E-state index is 12.6. The molecule has 1 rings (SSSR count). The predicted octanol–water partition coefficient (Wildman–Crippen LogP) is 1.52. The number of benzene rings is 1. The second kappa shape index (κ2) is 7.23. The molecule has 0 bridgehead atoms. The molecule has 0 fully saturated rings. The van der Waals surface area contributed by atoms with Gasteiger partial charge in [0.15, 0.2) is 0 Å². The minimum absolute atomic E-state index is 0.112. The van der Waals surface area contributed by atoms with E-state index in [1.807, 2.05) is 0 Å². The summed E-state index contributed by atoms with van der Waals surface area (Å²) in [6.07, 6.45) is 3.06. The third kappa shape index (κ3) is 3.47. The van der Waals surface area contributed by atoms with E-state index >= 15 is 0 Å². The van der Waals surface area contributed by atoms with Crippen molar-refractivity contribution in [3.63, 3.8) is 0 Å². The van der Waals surface area contributed by atoms with Gasteiger partial charge < -0.3 is 10.5 Å². The maximum atomic E-state index is 12.6. The zero-order valence-electron chi connectivity index (χ0n) is 11.6. The van der Waals surface area contributed by atoms with Gasteiger partial charge >= 0.3 is 0 Å². The van der Waals surface area contributed by atoms with Gasteiger partial charge in [-0.3, -0.25) is 0 Å². The molecule has 2 N–H and O–H groups in total. The third-order valence-electron chi connectivity index (χ3n) is 2.75. The Bertz CT molecular complexity index is 572. The van der Waals surface area contributed by atoms with Gasteiger partial charge in [0.2, 0.25) is 10.0 Å². The molecule has 0 heterocycles. The molecule has 0 atom stereocenters. The molecule has 0 saturated heterocycles. The smallest absolute Gasteiger partial charge is 0.247 e. The summed E-state index contributed by atoms with van der Waals surface area (Å²) in [7, 11) is -2.24. The van der Waals surface area contributed by atoms with Gasteiger partial charge in [-0.2, -0.15) is 4.31 Å². The Morgan fingerprint density at radius 1 is 1.30 bits per heavy atom. The fourth-order valence-electron chi connectivity index (χ4n) is 1.75. The Kier molecular flexibility index (Phi) is 5.94. The zero-order valence-corrected chi connectivity index (χ0v) is 12.4. The lowest BCUT2D eigenvalue weighted by Crippen LogP contribution is -2.31. The average molecular weight is 296 g/mol. The quantitative estimate of drug-likeness (QED) is 0.738. The normalized spacial score (nSPS) is 11.3. The molecular weight excluding hydrogens is 276 g/mol. The van der Waals surface area contributed by atoms with Gasteiger partial charge in [0.1, 0.15) is 10.6 Å². The Hall–Kier alpha value is -1.63. The van der Waals surface area contributed by atoms with Crippen LogP contribution in [0.25, 0.3) is 0 Å². The van der Waals surface area contributed by atoms with Gasteiger partial charge in [-0.25, -0.2) is 8.42 Å². The van der Waals surface area contributed by atoms with E-state index in [-0.39, 0.29) is 23.7 Å². The molecule has 1 aromatic carbocycles. The van der Waals surface area contributed by atoms with Gasteiger partial charge in [0.05, 0.1) is 7.11 Å². The molecular formula is C14H20N2O3S. The highest BCUT2D eigenvalue weighted by Gasteiger charge is 2.26. The van der Waals surface area contributed by atoms with Crippen LogP contribution in [0, 0.1) is 0 Å². The molecule has 6 heteroatoms. The molecule has 0 spiro atoms. The first-order valence-corrected chi connectivity index (χ1v) is 7.54. The van der Waals surface area contributed by atoms with Crippen LogP contribution in [-0.4, -0.2) is 32.9 Å². The molecule has 0 aromatic heterocycles. The summed E-state index contributed by atoms with van der Waals surface area (Å²) >= 11 is 0. The summed E-state index contributed by atoms with van der Waals surface area (Å²) in [6, 6.07) is 4.82. The van der Waals surface area contributed by atoms with Crippen molar-refractivity contribution in [3.05, 3.63) is 49.1 Å². The van der Waals surface area contributed by atoms with Crippen molar-refractivity contribution in [3.8, 4) is 5.75 Å². The Morgan fingerprint density at radius 2 is 1.90 bits per heavy atom. The molecule has 1 aromatic rings. The summed E-state index contributed by atoms with van der Waals surface area (Å²) in [5.74, 6) is 0.283. The fourth-order valence-corrected chi connectivity index (χ4v) is 3.27. The van der Waals surface area contributed by atoms with E-state index < -0.39 is 10.0 Å². The molecule has 0 aliphatic heterocycles. The van der Waals surface area contributed by atoms with E-state index in [4.69, 9.17) is 10.5 Å². The van der Waals surface area contributed by atoms with Gasteiger partial charge in [0, 0.05) is 19.6 Å². The zero-order chi connectivity index (χ0) is 15.2. The van der Waals surface area contributed by atoms with Gasteiger partial charge in [0.25, 0.3) is 0 Å². The fraction of sp³-hybridized carbons (Fsp3) is 0.286. The first-order chi connectivity index (χ1) is 9.51. The highest BCUT2D eigenvalue weighted by atomic mass is 32.2. The topological polar surface area (TPSA) is 72.6 Å². The SMILES string of the molecule is C=CCN(CC=C)S(=O)(=O)c1ccc(CN)cc1OC. The molecule has 0 aliphatic rings. The number of rotatable bonds is 8. The van der Waals surface area contributed by atoms with E-state index in [0.717, 1.165) is 5.56 Å². The molecule has 0 aliphatic carbocycles. The standard InChI is InChI=1S/C14H20N2O3S/c1-4-8-16(9-5-2)20(17,18)14-7-6-12(11-15)10-13(14)19-3/h4-7,10H,1-2,8-9,11,15H2,3H3. The van der Waals surface area contributed by atoms with Crippen molar-refractivity contribution in [1.29, 1.82) is 0 Å². The molecule has 110 valence electrons. The van der Waals surface area contributed by atoms with Crippen molar-refractivity contribution in [2.24, 2.45) is 5.73 Å². The van der Waals surface area contributed by atoms with Gasteiger partial charge in [-0.1, -0.05) is 18.2 Å². The monoisotopic (exact) mass is 296 g/mol. The summed E-state index contributed by atoms with van der Waals surface area (Å²) in [4.78, 5) is 0.112. The summed E-state index contributed by atoms with van der Waals surface area (Å²) in [5, 5.41) is 0. The molecule has 0 unspecified atom stereocenters. The van der Waals surface area contributed by atoms with Crippen LogP contribution < -0.4 is 10.5 Å². The lowest BCUT2D eigenvalue weighted by Gasteiger charge is -2.20. The van der Waals surface area contributed by atoms with Crippen LogP contribution in [0.1, 0.15) is 5.56 Å². The number of nitrogens with two attached hydrogens (primary N) is 1. The number of hydrogen-bond donors (Lipinski definition) is 1. The van der Waals surface area contributed by atoms with Crippen LogP contribution in [0.4, 0.5) is 0 Å². The first kappa shape index (κ1) is 16.4. The maximum Gasteiger partial charge on any atom is 0.247 e. The van der Waals surface area contributed by atoms with Crippen molar-refractivity contribution in [2.75, 3.05) is 20.2 Å². The van der Waals surface area contributed by atoms with Gasteiger partial charge in [-0.05, 0) is 17.7 Å². The number of nitrogens with zero attached hydrogens (tertiary/aromatic N) is 1. The summed E-state index contributed by atoms with van der Waals surface area (Å²) in [6.45, 7) is 7.87. The minimum atomic E-state index is -3.67. The number of sulfonamides is 1. The van der Waals surface area contributed by atoms with Crippen LogP contribution in [0.3, 0.4) is 0 Å². The van der Waals surface area contributed by atoms with Crippen LogP contribution in [0.2, 0.25) is 0 Å². The summed E-state index contributed by atoms with van der Waals surface area (Å²) < 4.78 is 31.7. The van der Waals surface area contributed by atoms with Crippen LogP contribution >= 0.6 is 0 Å². The number of methoxy groups -OCH3 is 1. The van der Waals surface area contributed by atoms with Crippen molar-refractivity contribution in [1.82, 2.24) is 4.31 Å². The summed E-state index contributed by atoms with van der Waals surface area (Å²) in [5.41, 5.74) is 6.35. The van der Waals surface area contributed by atoms with Crippen molar-refractivity contribution in [2.45, 2.75) is 11.4 Å².